The molecule has 0 N–H and O–H groups in total. The second-order valence-electron chi connectivity index (χ2n) is 7.39. The van der Waals surface area contributed by atoms with E-state index in [1.54, 1.807) is 22.8 Å². The molecule has 0 saturated heterocycles. The van der Waals surface area contributed by atoms with E-state index in [1.807, 2.05) is 18.2 Å². The van der Waals surface area contributed by atoms with E-state index in [0.717, 1.165) is 24.0 Å². The topological polar surface area (TPSA) is 56.9 Å². The van der Waals surface area contributed by atoms with Gasteiger partial charge in [-0.05, 0) is 67.6 Å². The maximum absolute atomic E-state index is 13.2. The van der Waals surface area contributed by atoms with Crippen molar-refractivity contribution in [2.75, 3.05) is 0 Å². The number of carbonyl (C=O) groups is 1. The Morgan fingerprint density at radius 1 is 1.17 bits per heavy atom. The van der Waals surface area contributed by atoms with Crippen molar-refractivity contribution in [1.29, 1.82) is 0 Å². The number of rotatable bonds is 8. The maximum Gasteiger partial charge on any atom is 0.346 e. The Bertz CT molecular complexity index is 1080. The maximum atomic E-state index is 13.2. The molecular formula is C22H21ClFN3O2. The van der Waals surface area contributed by atoms with Crippen LogP contribution >= 0.6 is 11.6 Å². The Morgan fingerprint density at radius 3 is 2.62 bits per heavy atom. The summed E-state index contributed by atoms with van der Waals surface area (Å²) in [6.45, 7) is -0.0533. The van der Waals surface area contributed by atoms with Crippen molar-refractivity contribution in [2.45, 2.75) is 44.7 Å². The smallest absolute Gasteiger partial charge is 0.298 e. The van der Waals surface area contributed by atoms with Gasteiger partial charge in [-0.1, -0.05) is 23.7 Å². The number of hydrogen-bond acceptors (Lipinski definition) is 3. The molecular weight excluding hydrogens is 393 g/mol. The average molecular weight is 414 g/mol. The number of Topliss-reactive ketones (excluding diaryl/α,β-unsaturated/α-hetero) is 1. The molecule has 1 aromatic heterocycles. The molecule has 4 rings (SSSR count). The third-order valence-electron chi connectivity index (χ3n) is 5.02. The first-order valence-corrected chi connectivity index (χ1v) is 10.1. The van der Waals surface area contributed by atoms with Gasteiger partial charge in [0.2, 0.25) is 0 Å². The third kappa shape index (κ3) is 4.65. The van der Waals surface area contributed by atoms with Crippen LogP contribution in [0.2, 0.25) is 5.02 Å². The lowest BCUT2D eigenvalue weighted by molar-refractivity contribution is -0.119. The molecule has 150 valence electrons. The van der Waals surface area contributed by atoms with Gasteiger partial charge in [-0.25, -0.2) is 13.9 Å². The second kappa shape index (κ2) is 8.33. The van der Waals surface area contributed by atoms with Crippen LogP contribution in [0.1, 0.15) is 37.3 Å². The van der Waals surface area contributed by atoms with Gasteiger partial charge in [0.15, 0.2) is 11.6 Å². The molecule has 0 unspecified atom stereocenters. The predicted molar refractivity (Wildman–Crippen MR) is 110 cm³/mol. The SMILES string of the molecule is O=C(CCCc1cccc(F)c1)Cn1nc(-c2ccc(Cl)cc2)n(C2CC2)c1=O. The van der Waals surface area contributed by atoms with Crippen LogP contribution in [0.15, 0.2) is 53.3 Å². The first kappa shape index (κ1) is 19.6. The second-order valence-corrected chi connectivity index (χ2v) is 7.83. The molecule has 0 aliphatic heterocycles. The summed E-state index contributed by atoms with van der Waals surface area (Å²) in [6.07, 6.45) is 3.41. The van der Waals surface area contributed by atoms with Crippen molar-refractivity contribution in [2.24, 2.45) is 0 Å². The number of halogens is 2. The van der Waals surface area contributed by atoms with Crippen molar-refractivity contribution >= 4 is 17.4 Å². The van der Waals surface area contributed by atoms with Gasteiger partial charge in [-0.15, -0.1) is 5.10 Å². The summed E-state index contributed by atoms with van der Waals surface area (Å²) < 4.78 is 16.2. The van der Waals surface area contributed by atoms with Gasteiger partial charge in [-0.3, -0.25) is 9.36 Å². The number of benzene rings is 2. The number of hydrogen-bond donors (Lipinski definition) is 0. The summed E-state index contributed by atoms with van der Waals surface area (Å²) in [7, 11) is 0. The highest BCUT2D eigenvalue weighted by molar-refractivity contribution is 6.30. The van der Waals surface area contributed by atoms with E-state index in [4.69, 9.17) is 11.6 Å². The molecule has 0 bridgehead atoms. The Balaban J connectivity index is 1.45. The lowest BCUT2D eigenvalue weighted by Crippen LogP contribution is -2.27. The Morgan fingerprint density at radius 2 is 1.93 bits per heavy atom. The van der Waals surface area contributed by atoms with Crippen LogP contribution in [0.25, 0.3) is 11.4 Å². The molecule has 5 nitrogen and oxygen atoms in total. The zero-order chi connectivity index (χ0) is 20.4. The fraction of sp³-hybridized carbons (Fsp3) is 0.318. The van der Waals surface area contributed by atoms with Crippen LogP contribution < -0.4 is 5.69 Å². The summed E-state index contributed by atoms with van der Waals surface area (Å²) in [5.41, 5.74) is 1.41. The van der Waals surface area contributed by atoms with Crippen molar-refractivity contribution < 1.29 is 9.18 Å². The van der Waals surface area contributed by atoms with Crippen LogP contribution in [0, 0.1) is 5.82 Å². The van der Waals surface area contributed by atoms with Crippen LogP contribution in [-0.2, 0) is 17.8 Å². The number of aromatic nitrogens is 3. The molecule has 0 amide bonds. The van der Waals surface area contributed by atoms with Gasteiger partial charge >= 0.3 is 5.69 Å². The first-order valence-electron chi connectivity index (χ1n) is 9.72. The molecule has 0 spiro atoms. The standard InChI is InChI=1S/C22H21ClFN3O2/c23-17-9-7-16(8-10-17)21-25-26(22(29)27(21)19-11-12-19)14-20(28)6-2-4-15-3-1-5-18(24)13-15/h1,3,5,7-10,13,19H,2,4,6,11-12,14H2. The number of ketones is 1. The summed E-state index contributed by atoms with van der Waals surface area (Å²) in [5.74, 6) is 0.231. The molecule has 7 heteroatoms. The van der Waals surface area contributed by atoms with Gasteiger partial charge < -0.3 is 0 Å². The van der Waals surface area contributed by atoms with Gasteiger partial charge in [0, 0.05) is 23.0 Å². The molecule has 1 fully saturated rings. The van der Waals surface area contributed by atoms with Gasteiger partial charge in [-0.2, -0.15) is 0 Å². The molecule has 1 aliphatic carbocycles. The van der Waals surface area contributed by atoms with Crippen LogP contribution in [-0.4, -0.2) is 20.1 Å². The zero-order valence-electron chi connectivity index (χ0n) is 15.9. The Labute approximate surface area is 172 Å². The number of carbonyl (C=O) groups excluding carboxylic acids is 1. The highest BCUT2D eigenvalue weighted by atomic mass is 35.5. The zero-order valence-corrected chi connectivity index (χ0v) is 16.6. The number of nitrogens with zero attached hydrogens (tertiary/aromatic N) is 3. The molecule has 1 aliphatic rings. The van der Waals surface area contributed by atoms with E-state index in [2.05, 4.69) is 5.10 Å². The lowest BCUT2D eigenvalue weighted by Gasteiger charge is -2.03. The average Bonchev–Trinajstić information content (AvgIpc) is 3.47. The highest BCUT2D eigenvalue weighted by Gasteiger charge is 2.30. The predicted octanol–water partition coefficient (Wildman–Crippen LogP) is 4.43. The van der Waals surface area contributed by atoms with E-state index in [9.17, 15) is 14.0 Å². The van der Waals surface area contributed by atoms with E-state index in [0.29, 0.717) is 30.1 Å². The minimum absolute atomic E-state index is 0.0533. The van der Waals surface area contributed by atoms with Crippen molar-refractivity contribution in [3.8, 4) is 11.4 Å². The highest BCUT2D eigenvalue weighted by Crippen LogP contribution is 2.36. The molecule has 1 heterocycles. The molecule has 3 aromatic rings. The van der Waals surface area contributed by atoms with Gasteiger partial charge in [0.05, 0.1) is 0 Å². The van der Waals surface area contributed by atoms with Crippen molar-refractivity contribution in [3.05, 3.63) is 75.4 Å². The minimum Gasteiger partial charge on any atom is -0.298 e. The normalized spacial score (nSPS) is 13.6. The number of aryl methyl sites for hydroxylation is 1. The molecule has 2 aromatic carbocycles. The van der Waals surface area contributed by atoms with Crippen LogP contribution in [0.5, 0.6) is 0 Å². The van der Waals surface area contributed by atoms with Gasteiger partial charge in [0.25, 0.3) is 0 Å². The monoisotopic (exact) mass is 413 g/mol. The first-order chi connectivity index (χ1) is 14.0. The molecule has 1 saturated carbocycles. The van der Waals surface area contributed by atoms with Crippen molar-refractivity contribution in [1.82, 2.24) is 14.3 Å². The Hall–Kier alpha value is -2.73. The van der Waals surface area contributed by atoms with E-state index in [1.165, 1.54) is 16.8 Å². The quantitative estimate of drug-likeness (QED) is 0.549. The third-order valence-corrected chi connectivity index (χ3v) is 5.27. The molecule has 0 radical (unpaired) electrons. The van der Waals surface area contributed by atoms with Gasteiger partial charge in [0.1, 0.15) is 12.4 Å². The lowest BCUT2D eigenvalue weighted by atomic mass is 10.1. The van der Waals surface area contributed by atoms with Crippen LogP contribution in [0.4, 0.5) is 4.39 Å². The largest absolute Gasteiger partial charge is 0.346 e. The fourth-order valence-electron chi connectivity index (χ4n) is 3.41. The molecule has 29 heavy (non-hydrogen) atoms. The Kier molecular flexibility index (Phi) is 5.62. The summed E-state index contributed by atoms with van der Waals surface area (Å²) in [4.78, 5) is 25.2. The summed E-state index contributed by atoms with van der Waals surface area (Å²) in [5, 5.41) is 5.06. The summed E-state index contributed by atoms with van der Waals surface area (Å²) >= 11 is 5.96. The summed E-state index contributed by atoms with van der Waals surface area (Å²) in [6, 6.07) is 13.7. The fourth-order valence-corrected chi connectivity index (χ4v) is 3.54. The van der Waals surface area contributed by atoms with E-state index < -0.39 is 0 Å². The van der Waals surface area contributed by atoms with E-state index >= 15 is 0 Å². The van der Waals surface area contributed by atoms with E-state index in [-0.39, 0.29) is 29.9 Å². The van der Waals surface area contributed by atoms with Crippen molar-refractivity contribution in [3.63, 3.8) is 0 Å². The minimum atomic E-state index is -0.277. The molecule has 0 atom stereocenters. The van der Waals surface area contributed by atoms with Crippen LogP contribution in [0.3, 0.4) is 0 Å².